The van der Waals surface area contributed by atoms with Gasteiger partial charge in [0.25, 0.3) is 0 Å². The molecule has 2 fully saturated rings. The van der Waals surface area contributed by atoms with Crippen LogP contribution in [0.15, 0.2) is 24.3 Å². The average molecular weight is 290 g/mol. The zero-order valence-electron chi connectivity index (χ0n) is 13.2. The quantitative estimate of drug-likeness (QED) is 0.888. The van der Waals surface area contributed by atoms with Gasteiger partial charge in [-0.1, -0.05) is 12.1 Å². The first-order chi connectivity index (χ1) is 10.1. The van der Waals surface area contributed by atoms with Crippen molar-refractivity contribution in [2.45, 2.75) is 57.7 Å². The second-order valence-corrected chi connectivity index (χ2v) is 6.94. The number of nitrogens with one attached hydrogen (secondary N) is 1. The maximum atomic E-state index is 13.1. The fraction of sp³-hybridized carbons (Fsp3) is 0.667. The summed E-state index contributed by atoms with van der Waals surface area (Å²) in [6.45, 7) is 6.94. The van der Waals surface area contributed by atoms with Crippen LogP contribution in [-0.2, 0) is 0 Å². The van der Waals surface area contributed by atoms with Gasteiger partial charge in [0.15, 0.2) is 0 Å². The van der Waals surface area contributed by atoms with Crippen LogP contribution in [0.2, 0.25) is 0 Å². The summed E-state index contributed by atoms with van der Waals surface area (Å²) in [5.41, 5.74) is 1.25. The highest BCUT2D eigenvalue weighted by atomic mass is 19.1. The van der Waals surface area contributed by atoms with Crippen molar-refractivity contribution in [3.63, 3.8) is 0 Å². The Labute approximate surface area is 127 Å². The van der Waals surface area contributed by atoms with Gasteiger partial charge in [0.2, 0.25) is 0 Å². The van der Waals surface area contributed by atoms with E-state index in [-0.39, 0.29) is 5.82 Å². The smallest absolute Gasteiger partial charge is 0.123 e. The van der Waals surface area contributed by atoms with E-state index >= 15 is 0 Å². The topological polar surface area (TPSA) is 15.3 Å². The maximum Gasteiger partial charge on any atom is 0.123 e. The third kappa shape index (κ3) is 3.83. The van der Waals surface area contributed by atoms with Crippen molar-refractivity contribution in [3.05, 3.63) is 35.6 Å². The molecule has 1 saturated carbocycles. The second-order valence-electron chi connectivity index (χ2n) is 6.94. The van der Waals surface area contributed by atoms with Crippen LogP contribution >= 0.6 is 0 Å². The number of hydrogen-bond donors (Lipinski definition) is 1. The van der Waals surface area contributed by atoms with Crippen LogP contribution in [0, 0.1) is 11.7 Å². The third-order valence-electron chi connectivity index (χ3n) is 5.00. The highest BCUT2D eigenvalue weighted by Crippen LogP contribution is 2.41. The van der Waals surface area contributed by atoms with Crippen molar-refractivity contribution in [3.8, 4) is 0 Å². The molecule has 1 aromatic carbocycles. The van der Waals surface area contributed by atoms with Gasteiger partial charge in [-0.2, -0.15) is 0 Å². The SMILES string of the molecule is CC(C)N1CCC(NC(c2ccc(F)cc2)C2CC2)CC1. The van der Waals surface area contributed by atoms with Gasteiger partial charge in [-0.25, -0.2) is 4.39 Å². The minimum Gasteiger partial charge on any atom is -0.307 e. The summed E-state index contributed by atoms with van der Waals surface area (Å²) in [7, 11) is 0. The molecule has 1 N–H and O–H groups in total. The molecule has 2 nitrogen and oxygen atoms in total. The van der Waals surface area contributed by atoms with E-state index < -0.39 is 0 Å². The molecule has 1 aromatic rings. The van der Waals surface area contributed by atoms with Gasteiger partial charge < -0.3 is 10.2 Å². The molecule has 3 heteroatoms. The van der Waals surface area contributed by atoms with Gasteiger partial charge in [-0.05, 0) is 76.2 Å². The van der Waals surface area contributed by atoms with E-state index in [0.29, 0.717) is 18.1 Å². The molecule has 1 atom stereocenters. The molecule has 1 saturated heterocycles. The van der Waals surface area contributed by atoms with Crippen LogP contribution in [0.3, 0.4) is 0 Å². The Hall–Kier alpha value is -0.930. The summed E-state index contributed by atoms with van der Waals surface area (Å²) in [6.07, 6.45) is 5.06. The fourth-order valence-corrected chi connectivity index (χ4v) is 3.44. The number of rotatable bonds is 5. The Morgan fingerprint density at radius 3 is 2.19 bits per heavy atom. The summed E-state index contributed by atoms with van der Waals surface area (Å²) in [5, 5.41) is 3.86. The first kappa shape index (κ1) is 15.0. The van der Waals surface area contributed by atoms with E-state index in [1.807, 2.05) is 12.1 Å². The third-order valence-corrected chi connectivity index (χ3v) is 5.00. The number of likely N-dealkylation sites (tertiary alicyclic amines) is 1. The van der Waals surface area contributed by atoms with Gasteiger partial charge in [-0.15, -0.1) is 0 Å². The molecular weight excluding hydrogens is 263 g/mol. The first-order valence-electron chi connectivity index (χ1n) is 8.39. The van der Waals surface area contributed by atoms with E-state index in [1.54, 1.807) is 12.1 Å². The normalized spacial score (nSPS) is 22.7. The lowest BCUT2D eigenvalue weighted by Gasteiger charge is -2.36. The van der Waals surface area contributed by atoms with Crippen LogP contribution in [0.4, 0.5) is 4.39 Å². The van der Waals surface area contributed by atoms with Crippen LogP contribution in [0.1, 0.15) is 51.1 Å². The van der Waals surface area contributed by atoms with Crippen molar-refractivity contribution in [1.82, 2.24) is 10.2 Å². The van der Waals surface area contributed by atoms with Crippen molar-refractivity contribution in [1.29, 1.82) is 0 Å². The highest BCUT2D eigenvalue weighted by molar-refractivity contribution is 5.22. The minimum absolute atomic E-state index is 0.140. The van der Waals surface area contributed by atoms with Crippen LogP contribution in [0.25, 0.3) is 0 Å². The van der Waals surface area contributed by atoms with E-state index in [9.17, 15) is 4.39 Å². The molecule has 0 spiro atoms. The van der Waals surface area contributed by atoms with Crippen molar-refractivity contribution < 1.29 is 4.39 Å². The molecule has 0 aromatic heterocycles. The molecular formula is C18H27FN2. The zero-order valence-corrected chi connectivity index (χ0v) is 13.2. The minimum atomic E-state index is -0.140. The summed E-state index contributed by atoms with van der Waals surface area (Å²) >= 11 is 0. The Morgan fingerprint density at radius 2 is 1.67 bits per heavy atom. The fourth-order valence-electron chi connectivity index (χ4n) is 3.44. The summed E-state index contributed by atoms with van der Waals surface area (Å²) in [6, 6.07) is 8.77. The molecule has 1 heterocycles. The molecule has 1 unspecified atom stereocenters. The first-order valence-corrected chi connectivity index (χ1v) is 8.39. The lowest BCUT2D eigenvalue weighted by Crippen LogP contribution is -2.46. The average Bonchev–Trinajstić information content (AvgIpc) is 3.31. The summed E-state index contributed by atoms with van der Waals surface area (Å²) < 4.78 is 13.1. The van der Waals surface area contributed by atoms with Crippen LogP contribution in [-0.4, -0.2) is 30.1 Å². The standard InChI is InChI=1S/C18H27FN2/c1-13(2)21-11-9-17(10-12-21)20-18(14-3-4-14)15-5-7-16(19)8-6-15/h5-8,13-14,17-18,20H,3-4,9-12H2,1-2H3. The zero-order chi connectivity index (χ0) is 14.8. The van der Waals surface area contributed by atoms with E-state index in [4.69, 9.17) is 0 Å². The van der Waals surface area contributed by atoms with Crippen LogP contribution < -0.4 is 5.32 Å². The molecule has 1 aliphatic carbocycles. The Balaban J connectivity index is 1.60. The van der Waals surface area contributed by atoms with E-state index in [0.717, 1.165) is 5.92 Å². The lowest BCUT2D eigenvalue weighted by molar-refractivity contribution is 0.154. The largest absolute Gasteiger partial charge is 0.307 e. The van der Waals surface area contributed by atoms with Crippen molar-refractivity contribution >= 4 is 0 Å². The number of nitrogens with zero attached hydrogens (tertiary/aromatic N) is 1. The van der Waals surface area contributed by atoms with Crippen LogP contribution in [0.5, 0.6) is 0 Å². The molecule has 21 heavy (non-hydrogen) atoms. The monoisotopic (exact) mass is 290 g/mol. The van der Waals surface area contributed by atoms with Crippen molar-refractivity contribution in [2.75, 3.05) is 13.1 Å². The van der Waals surface area contributed by atoms with Crippen molar-refractivity contribution in [2.24, 2.45) is 5.92 Å². The molecule has 0 bridgehead atoms. The Bertz CT molecular complexity index is 445. The molecule has 2 aliphatic rings. The molecule has 1 aliphatic heterocycles. The van der Waals surface area contributed by atoms with Gasteiger partial charge >= 0.3 is 0 Å². The van der Waals surface area contributed by atoms with E-state index in [2.05, 4.69) is 24.1 Å². The number of benzene rings is 1. The van der Waals surface area contributed by atoms with Gasteiger partial charge in [0.05, 0.1) is 0 Å². The molecule has 116 valence electrons. The molecule has 0 radical (unpaired) electrons. The second kappa shape index (κ2) is 6.45. The van der Waals surface area contributed by atoms with E-state index in [1.165, 1.54) is 44.3 Å². The summed E-state index contributed by atoms with van der Waals surface area (Å²) in [5.74, 6) is 0.608. The number of piperidine rings is 1. The Morgan fingerprint density at radius 1 is 1.05 bits per heavy atom. The van der Waals surface area contributed by atoms with Gasteiger partial charge in [0, 0.05) is 18.1 Å². The number of halogens is 1. The Kier molecular flexibility index (Phi) is 4.60. The molecule has 0 amide bonds. The molecule has 3 rings (SSSR count). The lowest BCUT2D eigenvalue weighted by atomic mass is 9.97. The predicted octanol–water partition coefficient (Wildman–Crippen LogP) is 3.74. The van der Waals surface area contributed by atoms with Gasteiger partial charge in [0.1, 0.15) is 5.82 Å². The predicted molar refractivity (Wildman–Crippen MR) is 84.7 cm³/mol. The number of hydrogen-bond acceptors (Lipinski definition) is 2. The maximum absolute atomic E-state index is 13.1. The highest BCUT2D eigenvalue weighted by Gasteiger charge is 2.34. The van der Waals surface area contributed by atoms with Gasteiger partial charge in [-0.3, -0.25) is 0 Å². The summed E-state index contributed by atoms with van der Waals surface area (Å²) in [4.78, 5) is 2.56.